The third kappa shape index (κ3) is 3.78. The Morgan fingerprint density at radius 3 is 2.34 bits per heavy atom. The zero-order valence-corrected chi connectivity index (χ0v) is 17.9. The third-order valence-electron chi connectivity index (χ3n) is 4.95. The van der Waals surface area contributed by atoms with Crippen LogP contribution in [0, 0.1) is 5.82 Å². The molecular formula is C24H18ClFN2O4. The van der Waals surface area contributed by atoms with Crippen molar-refractivity contribution in [2.24, 2.45) is 0 Å². The van der Waals surface area contributed by atoms with Crippen LogP contribution in [0.3, 0.4) is 0 Å². The standard InChI is InChI=1S/C24H18ClFN2O4/c1-31-19-9-4-3-8-17(19)21-22(27-18-12-14(25)10-11-20(18)32-2)24(30)28(23(21)29)16-7-5-6-15(26)13-16/h3-13,27H,1-2H3. The maximum atomic E-state index is 13.9. The molecule has 0 bridgehead atoms. The van der Waals surface area contributed by atoms with Gasteiger partial charge < -0.3 is 14.8 Å². The number of anilines is 2. The Morgan fingerprint density at radius 1 is 0.875 bits per heavy atom. The fraction of sp³-hybridized carbons (Fsp3) is 0.0833. The molecule has 162 valence electrons. The highest BCUT2D eigenvalue weighted by Crippen LogP contribution is 2.39. The SMILES string of the molecule is COc1ccc(Cl)cc1NC1=C(c2ccccc2OC)C(=O)N(c2cccc(F)c2)C1=O. The van der Waals surface area contributed by atoms with Gasteiger partial charge in [-0.15, -0.1) is 0 Å². The summed E-state index contributed by atoms with van der Waals surface area (Å²) in [5.74, 6) is -1.01. The first-order valence-corrected chi connectivity index (χ1v) is 9.95. The molecule has 2 amide bonds. The van der Waals surface area contributed by atoms with Crippen LogP contribution < -0.4 is 19.7 Å². The third-order valence-corrected chi connectivity index (χ3v) is 5.18. The highest BCUT2D eigenvalue weighted by Gasteiger charge is 2.41. The normalized spacial score (nSPS) is 13.6. The van der Waals surface area contributed by atoms with E-state index in [2.05, 4.69) is 5.32 Å². The molecule has 0 fully saturated rings. The summed E-state index contributed by atoms with van der Waals surface area (Å²) in [6, 6.07) is 17.0. The Hall–Kier alpha value is -3.84. The lowest BCUT2D eigenvalue weighted by atomic mass is 10.0. The molecule has 1 N–H and O–H groups in total. The topological polar surface area (TPSA) is 67.9 Å². The number of carbonyl (C=O) groups is 2. The molecule has 0 unspecified atom stereocenters. The zero-order valence-electron chi connectivity index (χ0n) is 17.2. The first kappa shape index (κ1) is 21.4. The van der Waals surface area contributed by atoms with Crippen LogP contribution in [0.15, 0.2) is 72.4 Å². The number of halogens is 2. The molecule has 0 atom stereocenters. The van der Waals surface area contributed by atoms with Crippen LogP contribution in [0.5, 0.6) is 11.5 Å². The van der Waals surface area contributed by atoms with Crippen molar-refractivity contribution >= 4 is 40.4 Å². The van der Waals surface area contributed by atoms with Gasteiger partial charge in [-0.3, -0.25) is 9.59 Å². The Balaban J connectivity index is 1.90. The molecule has 0 saturated carbocycles. The van der Waals surface area contributed by atoms with E-state index in [9.17, 15) is 14.0 Å². The quantitative estimate of drug-likeness (QED) is 0.539. The van der Waals surface area contributed by atoms with Crippen LogP contribution in [0.2, 0.25) is 5.02 Å². The Labute approximate surface area is 188 Å². The summed E-state index contributed by atoms with van der Waals surface area (Å²) in [5, 5.41) is 3.41. The average Bonchev–Trinajstić information content (AvgIpc) is 3.03. The van der Waals surface area contributed by atoms with E-state index in [0.29, 0.717) is 27.8 Å². The van der Waals surface area contributed by atoms with Gasteiger partial charge in [0.25, 0.3) is 11.8 Å². The Kier molecular flexibility index (Phi) is 5.83. The second-order valence-corrected chi connectivity index (χ2v) is 7.28. The van der Waals surface area contributed by atoms with Crippen LogP contribution in [-0.4, -0.2) is 26.0 Å². The van der Waals surface area contributed by atoms with Crippen molar-refractivity contribution in [3.63, 3.8) is 0 Å². The predicted molar refractivity (Wildman–Crippen MR) is 120 cm³/mol. The van der Waals surface area contributed by atoms with Gasteiger partial charge in [0.1, 0.15) is 23.0 Å². The van der Waals surface area contributed by atoms with E-state index in [1.54, 1.807) is 42.5 Å². The van der Waals surface area contributed by atoms with Gasteiger partial charge in [0.15, 0.2) is 0 Å². The van der Waals surface area contributed by atoms with Crippen molar-refractivity contribution in [1.82, 2.24) is 0 Å². The number of rotatable bonds is 6. The highest BCUT2D eigenvalue weighted by atomic mass is 35.5. The second-order valence-electron chi connectivity index (χ2n) is 6.85. The van der Waals surface area contributed by atoms with E-state index < -0.39 is 17.6 Å². The smallest absolute Gasteiger partial charge is 0.282 e. The van der Waals surface area contributed by atoms with Crippen molar-refractivity contribution in [2.45, 2.75) is 0 Å². The molecule has 0 radical (unpaired) electrons. The van der Waals surface area contributed by atoms with Crippen molar-refractivity contribution in [3.8, 4) is 11.5 Å². The number of nitrogens with one attached hydrogen (secondary N) is 1. The molecule has 0 aliphatic carbocycles. The summed E-state index contributed by atoms with van der Waals surface area (Å²) < 4.78 is 24.6. The van der Waals surface area contributed by atoms with Crippen molar-refractivity contribution in [1.29, 1.82) is 0 Å². The van der Waals surface area contributed by atoms with Gasteiger partial charge in [-0.25, -0.2) is 9.29 Å². The maximum absolute atomic E-state index is 13.9. The first-order valence-electron chi connectivity index (χ1n) is 9.57. The lowest BCUT2D eigenvalue weighted by Gasteiger charge is -2.16. The van der Waals surface area contributed by atoms with Gasteiger partial charge in [-0.05, 0) is 42.5 Å². The Bertz CT molecular complexity index is 1260. The second kappa shape index (κ2) is 8.72. The predicted octanol–water partition coefficient (Wildman–Crippen LogP) is 4.89. The van der Waals surface area contributed by atoms with E-state index in [1.807, 2.05) is 0 Å². The fourth-order valence-corrected chi connectivity index (χ4v) is 3.68. The minimum absolute atomic E-state index is 0.00988. The zero-order chi connectivity index (χ0) is 22.8. The van der Waals surface area contributed by atoms with E-state index >= 15 is 0 Å². The number of hydrogen-bond donors (Lipinski definition) is 1. The molecule has 0 spiro atoms. The van der Waals surface area contributed by atoms with Gasteiger partial charge in [0, 0.05) is 10.6 Å². The van der Waals surface area contributed by atoms with Crippen LogP contribution >= 0.6 is 11.6 Å². The Morgan fingerprint density at radius 2 is 1.62 bits per heavy atom. The molecule has 3 aromatic carbocycles. The molecule has 0 saturated heterocycles. The number of para-hydroxylation sites is 1. The molecular weight excluding hydrogens is 435 g/mol. The van der Waals surface area contributed by atoms with Crippen molar-refractivity contribution in [3.05, 3.63) is 88.8 Å². The van der Waals surface area contributed by atoms with E-state index in [-0.39, 0.29) is 17.0 Å². The molecule has 0 aromatic heterocycles. The summed E-state index contributed by atoms with van der Waals surface area (Å²) in [7, 11) is 2.95. The average molecular weight is 453 g/mol. The summed E-state index contributed by atoms with van der Waals surface area (Å²) in [4.78, 5) is 27.9. The van der Waals surface area contributed by atoms with E-state index in [4.69, 9.17) is 21.1 Å². The number of hydrogen-bond acceptors (Lipinski definition) is 5. The summed E-state index contributed by atoms with van der Waals surface area (Å²) in [6.45, 7) is 0. The summed E-state index contributed by atoms with van der Waals surface area (Å²) in [6.07, 6.45) is 0. The number of benzene rings is 3. The number of imide groups is 1. The minimum Gasteiger partial charge on any atom is -0.496 e. The number of nitrogens with zero attached hydrogens (tertiary/aromatic N) is 1. The van der Waals surface area contributed by atoms with Gasteiger partial charge in [-0.2, -0.15) is 0 Å². The van der Waals surface area contributed by atoms with Crippen LogP contribution in [0.25, 0.3) is 5.57 Å². The fourth-order valence-electron chi connectivity index (χ4n) is 3.51. The summed E-state index contributed by atoms with van der Waals surface area (Å²) >= 11 is 6.13. The lowest BCUT2D eigenvalue weighted by molar-refractivity contribution is -0.120. The van der Waals surface area contributed by atoms with Gasteiger partial charge in [-0.1, -0.05) is 35.9 Å². The minimum atomic E-state index is -0.650. The lowest BCUT2D eigenvalue weighted by Crippen LogP contribution is -2.32. The van der Waals surface area contributed by atoms with E-state index in [1.165, 1.54) is 32.4 Å². The van der Waals surface area contributed by atoms with Crippen molar-refractivity contribution < 1.29 is 23.5 Å². The van der Waals surface area contributed by atoms with Gasteiger partial charge in [0.2, 0.25) is 0 Å². The van der Waals surface area contributed by atoms with Crippen LogP contribution in [0.4, 0.5) is 15.8 Å². The van der Waals surface area contributed by atoms with Crippen LogP contribution in [0.1, 0.15) is 5.56 Å². The van der Waals surface area contributed by atoms with Gasteiger partial charge in [0.05, 0.1) is 31.2 Å². The highest BCUT2D eigenvalue weighted by molar-refractivity contribution is 6.46. The summed E-state index contributed by atoms with van der Waals surface area (Å²) in [5.41, 5.74) is 0.991. The molecule has 32 heavy (non-hydrogen) atoms. The van der Waals surface area contributed by atoms with Crippen molar-refractivity contribution in [2.75, 3.05) is 24.4 Å². The number of carbonyl (C=O) groups excluding carboxylic acids is 2. The molecule has 4 rings (SSSR count). The number of ether oxygens (including phenoxy) is 2. The maximum Gasteiger partial charge on any atom is 0.282 e. The molecule has 8 heteroatoms. The van der Waals surface area contributed by atoms with Crippen LogP contribution in [-0.2, 0) is 9.59 Å². The molecule has 1 aliphatic rings. The monoisotopic (exact) mass is 452 g/mol. The largest absolute Gasteiger partial charge is 0.496 e. The molecule has 6 nitrogen and oxygen atoms in total. The first-order chi connectivity index (χ1) is 15.4. The molecule has 1 heterocycles. The molecule has 3 aromatic rings. The van der Waals surface area contributed by atoms with Gasteiger partial charge >= 0.3 is 0 Å². The number of methoxy groups -OCH3 is 2. The van der Waals surface area contributed by atoms with E-state index in [0.717, 1.165) is 11.0 Å². The molecule has 1 aliphatic heterocycles. The number of amides is 2.